The highest BCUT2D eigenvalue weighted by Gasteiger charge is 2.51. The second-order valence-corrected chi connectivity index (χ2v) is 8.80. The van der Waals surface area contributed by atoms with Crippen molar-refractivity contribution in [3.8, 4) is 0 Å². The van der Waals surface area contributed by atoms with Gasteiger partial charge in [-0.25, -0.2) is 4.39 Å². The Bertz CT molecular complexity index is 1120. The Hall–Kier alpha value is -2.68. The first-order chi connectivity index (χ1) is 15.6. The minimum Gasteiger partial charge on any atom is -0.376 e. The highest BCUT2D eigenvalue weighted by molar-refractivity contribution is 6.24. The van der Waals surface area contributed by atoms with E-state index in [0.29, 0.717) is 11.3 Å². The van der Waals surface area contributed by atoms with Crippen molar-refractivity contribution in [2.45, 2.75) is 37.5 Å². The molecule has 1 aliphatic carbocycles. The maximum atomic E-state index is 13.6. The summed E-state index contributed by atoms with van der Waals surface area (Å²) in [5.41, 5.74) is -0.148. The van der Waals surface area contributed by atoms with Crippen molar-refractivity contribution in [3.05, 3.63) is 82.8 Å². The van der Waals surface area contributed by atoms with Gasteiger partial charge < -0.3 is 10.6 Å². The molecule has 0 amide bonds. The Balaban J connectivity index is 1.86. The van der Waals surface area contributed by atoms with E-state index in [2.05, 4.69) is 18.5 Å². The molecule has 3 rings (SSSR count). The third-order valence-electron chi connectivity index (χ3n) is 5.75. The Morgan fingerprint density at radius 3 is 2.24 bits per heavy atom. The van der Waals surface area contributed by atoms with Crippen LogP contribution in [0, 0.1) is 25.6 Å². The summed E-state index contributed by atoms with van der Waals surface area (Å²) in [6, 6.07) is 6.72. The van der Waals surface area contributed by atoms with Crippen LogP contribution in [0.2, 0.25) is 0 Å². The molecule has 0 heterocycles. The van der Waals surface area contributed by atoms with Gasteiger partial charge >= 0.3 is 12.4 Å². The number of allylic oxidation sites excluding steroid dienone is 1. The van der Waals surface area contributed by atoms with Crippen LogP contribution < -0.4 is 10.6 Å². The molecule has 1 aliphatic rings. The van der Waals surface area contributed by atoms with Crippen molar-refractivity contribution in [1.82, 2.24) is 5.32 Å². The molecule has 3 atom stereocenters. The van der Waals surface area contributed by atoms with Gasteiger partial charge in [0.05, 0.1) is 10.9 Å². The van der Waals surface area contributed by atoms with Crippen LogP contribution in [0.25, 0.3) is 5.70 Å². The van der Waals surface area contributed by atoms with Crippen LogP contribution in [0.1, 0.15) is 33.7 Å². The van der Waals surface area contributed by atoms with Gasteiger partial charge in [0, 0.05) is 34.5 Å². The summed E-state index contributed by atoms with van der Waals surface area (Å²) in [5.74, 6) is -0.913. The molecule has 0 saturated heterocycles. The summed E-state index contributed by atoms with van der Waals surface area (Å²) >= 11 is 6.40. The van der Waals surface area contributed by atoms with Gasteiger partial charge in [-0.15, -0.1) is 11.6 Å². The lowest BCUT2D eigenvalue weighted by Crippen LogP contribution is -2.27. The Kier molecular flexibility index (Phi) is 6.99. The lowest BCUT2D eigenvalue weighted by atomic mass is 9.98. The van der Waals surface area contributed by atoms with E-state index in [-0.39, 0.29) is 40.2 Å². The molecular formula is C24H22ClF7N2. The van der Waals surface area contributed by atoms with E-state index in [1.165, 1.54) is 19.1 Å². The fourth-order valence-corrected chi connectivity index (χ4v) is 4.44. The van der Waals surface area contributed by atoms with Crippen molar-refractivity contribution >= 4 is 23.0 Å². The fraction of sp³-hybridized carbons (Fsp3) is 0.333. The largest absolute Gasteiger partial charge is 0.416 e. The first-order valence-electron chi connectivity index (χ1n) is 10.2. The smallest absolute Gasteiger partial charge is 0.376 e. The van der Waals surface area contributed by atoms with Crippen molar-refractivity contribution in [3.63, 3.8) is 0 Å². The zero-order chi connectivity index (χ0) is 25.6. The standard InChI is InChI=1S/C24H22ClF7N2/c1-11-7-15(5-6-19(11)26)21-20(22(21)25)14(4)34-16-8-17(13(3)33-10-23(27,28)29)12(2)18(9-16)24(30,31)32/h5-9,20-22,33-34H,3-4,10H2,1-2H3. The van der Waals surface area contributed by atoms with Gasteiger partial charge in [-0.05, 0) is 48.7 Å². The highest BCUT2D eigenvalue weighted by Crippen LogP contribution is 2.55. The molecule has 2 aromatic rings. The number of nitrogens with one attached hydrogen (secondary N) is 2. The molecule has 1 fully saturated rings. The number of anilines is 1. The van der Waals surface area contributed by atoms with Crippen LogP contribution in [0.15, 0.2) is 49.2 Å². The molecule has 0 aliphatic heterocycles. The summed E-state index contributed by atoms with van der Waals surface area (Å²) in [6.07, 6.45) is -9.31. The van der Waals surface area contributed by atoms with Gasteiger partial charge in [0.25, 0.3) is 0 Å². The summed E-state index contributed by atoms with van der Waals surface area (Å²) in [5, 5.41) is 4.45. The van der Waals surface area contributed by atoms with Gasteiger partial charge in [-0.1, -0.05) is 25.3 Å². The molecule has 0 spiro atoms. The minimum atomic E-state index is -4.75. The number of aryl methyl sites for hydroxylation is 1. The summed E-state index contributed by atoms with van der Waals surface area (Å²) in [7, 11) is 0. The van der Waals surface area contributed by atoms with E-state index in [0.717, 1.165) is 11.6 Å². The maximum Gasteiger partial charge on any atom is 0.416 e. The molecule has 0 aromatic heterocycles. The molecule has 0 bridgehead atoms. The molecule has 1 saturated carbocycles. The molecule has 2 N–H and O–H groups in total. The quantitative estimate of drug-likeness (QED) is 0.299. The number of rotatable bonds is 7. The van der Waals surface area contributed by atoms with Gasteiger partial charge in [0.2, 0.25) is 0 Å². The van der Waals surface area contributed by atoms with Gasteiger partial charge in [0.1, 0.15) is 12.4 Å². The van der Waals surface area contributed by atoms with E-state index < -0.39 is 29.8 Å². The van der Waals surface area contributed by atoms with E-state index >= 15 is 0 Å². The summed E-state index contributed by atoms with van der Waals surface area (Å²) < 4.78 is 92.2. The Morgan fingerprint density at radius 2 is 1.68 bits per heavy atom. The molecule has 0 radical (unpaired) electrons. The number of benzene rings is 2. The van der Waals surface area contributed by atoms with Crippen LogP contribution >= 0.6 is 11.6 Å². The number of alkyl halides is 7. The van der Waals surface area contributed by atoms with Crippen molar-refractivity contribution in [2.24, 2.45) is 5.92 Å². The minimum absolute atomic E-state index is 0.0160. The van der Waals surface area contributed by atoms with E-state index in [9.17, 15) is 30.7 Å². The Labute approximate surface area is 197 Å². The van der Waals surface area contributed by atoms with E-state index in [4.69, 9.17) is 11.6 Å². The molecule has 10 heteroatoms. The van der Waals surface area contributed by atoms with E-state index in [1.54, 1.807) is 19.1 Å². The predicted molar refractivity (Wildman–Crippen MR) is 119 cm³/mol. The van der Waals surface area contributed by atoms with Gasteiger partial charge in [0.15, 0.2) is 0 Å². The van der Waals surface area contributed by atoms with Gasteiger partial charge in [-0.2, -0.15) is 26.3 Å². The number of halogens is 8. The van der Waals surface area contributed by atoms with Crippen molar-refractivity contribution in [2.75, 3.05) is 11.9 Å². The zero-order valence-corrected chi connectivity index (χ0v) is 19.0. The monoisotopic (exact) mass is 506 g/mol. The van der Waals surface area contributed by atoms with Crippen LogP contribution in [-0.2, 0) is 6.18 Å². The van der Waals surface area contributed by atoms with Crippen LogP contribution in [0.5, 0.6) is 0 Å². The first kappa shape index (κ1) is 25.9. The lowest BCUT2D eigenvalue weighted by molar-refractivity contribution is -0.138. The molecule has 34 heavy (non-hydrogen) atoms. The normalized spacial score (nSPS) is 20.1. The highest BCUT2D eigenvalue weighted by atomic mass is 35.5. The average molecular weight is 507 g/mol. The second-order valence-electron chi connectivity index (χ2n) is 8.30. The second kappa shape index (κ2) is 9.17. The number of hydrogen-bond donors (Lipinski definition) is 2. The van der Waals surface area contributed by atoms with Crippen molar-refractivity contribution < 1.29 is 30.7 Å². The first-order valence-corrected chi connectivity index (χ1v) is 10.6. The fourth-order valence-electron chi connectivity index (χ4n) is 3.91. The van der Waals surface area contributed by atoms with Crippen LogP contribution in [0.3, 0.4) is 0 Å². The third-order valence-corrected chi connectivity index (χ3v) is 6.29. The SMILES string of the molecule is C=C(NCC(F)(F)F)c1cc(NC(=C)C2C(Cl)C2c2ccc(F)c(C)c2)cc(C(F)(F)F)c1C. The number of hydrogen-bond acceptors (Lipinski definition) is 2. The van der Waals surface area contributed by atoms with E-state index in [1.807, 2.05) is 5.32 Å². The summed E-state index contributed by atoms with van der Waals surface area (Å²) in [6.45, 7) is 8.71. The molecule has 184 valence electrons. The summed E-state index contributed by atoms with van der Waals surface area (Å²) in [4.78, 5) is 0. The zero-order valence-electron chi connectivity index (χ0n) is 18.3. The molecule has 2 nitrogen and oxygen atoms in total. The lowest BCUT2D eigenvalue weighted by Gasteiger charge is -2.20. The van der Waals surface area contributed by atoms with Crippen LogP contribution in [-0.4, -0.2) is 18.1 Å². The average Bonchev–Trinajstić information content (AvgIpc) is 3.39. The molecule has 2 aromatic carbocycles. The third kappa shape index (κ3) is 5.68. The molecular weight excluding hydrogens is 485 g/mol. The van der Waals surface area contributed by atoms with Gasteiger partial charge in [-0.3, -0.25) is 0 Å². The molecule has 3 unspecified atom stereocenters. The predicted octanol–water partition coefficient (Wildman–Crippen LogP) is 7.53. The maximum absolute atomic E-state index is 13.6. The van der Waals surface area contributed by atoms with Crippen molar-refractivity contribution in [1.29, 1.82) is 0 Å². The van der Waals surface area contributed by atoms with Crippen LogP contribution in [0.4, 0.5) is 36.4 Å². The Morgan fingerprint density at radius 1 is 1.03 bits per heavy atom. The topological polar surface area (TPSA) is 24.1 Å².